The van der Waals surface area contributed by atoms with Crippen LogP contribution in [0, 0.1) is 0 Å². The van der Waals surface area contributed by atoms with Gasteiger partial charge in [0.2, 0.25) is 0 Å². The van der Waals surface area contributed by atoms with Crippen LogP contribution in [0.2, 0.25) is 0 Å². The Hall–Kier alpha value is -0.940. The second-order valence-electron chi connectivity index (χ2n) is 3.84. The van der Waals surface area contributed by atoms with Crippen LogP contribution < -0.4 is 0 Å². The zero-order valence-electron chi connectivity index (χ0n) is 9.37. The number of aliphatic hydroxyl groups excluding tert-OH is 1. The van der Waals surface area contributed by atoms with E-state index in [0.29, 0.717) is 6.61 Å². The van der Waals surface area contributed by atoms with Crippen molar-refractivity contribution in [3.8, 4) is 0 Å². The third-order valence-corrected chi connectivity index (χ3v) is 2.74. The summed E-state index contributed by atoms with van der Waals surface area (Å²) in [5.41, 5.74) is 1.21. The van der Waals surface area contributed by atoms with Crippen molar-refractivity contribution in [3.05, 3.63) is 35.9 Å². The molecule has 0 aromatic heterocycles. The van der Waals surface area contributed by atoms with Crippen molar-refractivity contribution in [2.45, 2.75) is 19.1 Å². The molecule has 0 saturated carbocycles. The van der Waals surface area contributed by atoms with E-state index in [1.54, 1.807) is 7.11 Å². The van der Waals surface area contributed by atoms with Crippen molar-refractivity contribution in [1.29, 1.82) is 0 Å². The smallest absolute Gasteiger partial charge is 0.195 e. The lowest BCUT2D eigenvalue weighted by Crippen LogP contribution is -2.51. The van der Waals surface area contributed by atoms with Gasteiger partial charge in [-0.3, -0.25) is 4.90 Å². The van der Waals surface area contributed by atoms with Gasteiger partial charge < -0.3 is 14.6 Å². The molecule has 1 aromatic carbocycles. The van der Waals surface area contributed by atoms with E-state index in [1.807, 2.05) is 18.2 Å². The molecule has 2 unspecified atom stereocenters. The third kappa shape index (κ3) is 2.59. The van der Waals surface area contributed by atoms with Crippen molar-refractivity contribution in [3.63, 3.8) is 0 Å². The Morgan fingerprint density at radius 2 is 2.19 bits per heavy atom. The molecule has 1 saturated heterocycles. The molecule has 1 aromatic rings. The van der Waals surface area contributed by atoms with Gasteiger partial charge in [0.15, 0.2) is 12.5 Å². The van der Waals surface area contributed by atoms with Crippen molar-refractivity contribution in [1.82, 2.24) is 4.90 Å². The molecule has 4 nitrogen and oxygen atoms in total. The van der Waals surface area contributed by atoms with Gasteiger partial charge in [-0.2, -0.15) is 0 Å². The number of hydrogen-bond donors (Lipinski definition) is 1. The van der Waals surface area contributed by atoms with Crippen LogP contribution in [-0.4, -0.2) is 42.8 Å². The molecular weight excluding hydrogens is 206 g/mol. The van der Waals surface area contributed by atoms with Crippen LogP contribution in [0.3, 0.4) is 0 Å². The molecule has 2 atom stereocenters. The minimum atomic E-state index is -0.859. The Morgan fingerprint density at radius 1 is 1.44 bits per heavy atom. The summed E-state index contributed by atoms with van der Waals surface area (Å²) < 4.78 is 10.4. The van der Waals surface area contributed by atoms with Gasteiger partial charge in [-0.15, -0.1) is 0 Å². The van der Waals surface area contributed by atoms with Gasteiger partial charge in [0.05, 0.1) is 6.61 Å². The summed E-state index contributed by atoms with van der Waals surface area (Å²) in [7, 11) is 1.58. The summed E-state index contributed by atoms with van der Waals surface area (Å²) in [6, 6.07) is 10.1. The number of aliphatic hydroxyl groups is 1. The van der Waals surface area contributed by atoms with Crippen LogP contribution in [0.5, 0.6) is 0 Å². The molecule has 1 heterocycles. The van der Waals surface area contributed by atoms with Crippen molar-refractivity contribution in [2.24, 2.45) is 0 Å². The van der Waals surface area contributed by atoms with Gasteiger partial charge in [0, 0.05) is 20.2 Å². The maximum atomic E-state index is 9.63. The monoisotopic (exact) mass is 223 g/mol. The van der Waals surface area contributed by atoms with Gasteiger partial charge in [0.25, 0.3) is 0 Å². The van der Waals surface area contributed by atoms with Crippen molar-refractivity contribution >= 4 is 0 Å². The molecule has 0 aliphatic carbocycles. The lowest BCUT2D eigenvalue weighted by molar-refractivity contribution is -0.250. The summed E-state index contributed by atoms with van der Waals surface area (Å²) in [5, 5.41) is 9.63. The summed E-state index contributed by atoms with van der Waals surface area (Å²) in [6.45, 7) is 2.07. The first-order valence-electron chi connectivity index (χ1n) is 5.41. The fraction of sp³-hybridized carbons (Fsp3) is 0.500. The molecule has 0 amide bonds. The molecule has 2 rings (SSSR count). The summed E-state index contributed by atoms with van der Waals surface area (Å²) in [4.78, 5) is 2.07. The standard InChI is InChI=1S/C12H17NO3/c1-15-11-12(14)16-8-7-13(11)9-10-5-3-2-4-6-10/h2-6,11-12,14H,7-9H2,1H3. The van der Waals surface area contributed by atoms with Crippen LogP contribution in [0.1, 0.15) is 5.56 Å². The zero-order chi connectivity index (χ0) is 11.4. The van der Waals surface area contributed by atoms with E-state index in [2.05, 4.69) is 17.0 Å². The Bertz CT molecular complexity index is 317. The molecule has 1 aliphatic heterocycles. The third-order valence-electron chi connectivity index (χ3n) is 2.74. The first-order chi connectivity index (χ1) is 7.81. The number of rotatable bonds is 3. The molecule has 0 bridgehead atoms. The van der Waals surface area contributed by atoms with Crippen molar-refractivity contribution in [2.75, 3.05) is 20.3 Å². The largest absolute Gasteiger partial charge is 0.365 e. The van der Waals surface area contributed by atoms with Crippen molar-refractivity contribution < 1.29 is 14.6 Å². The predicted octanol–water partition coefficient (Wildman–Crippen LogP) is 0.810. The molecule has 1 aliphatic rings. The predicted molar refractivity (Wildman–Crippen MR) is 59.6 cm³/mol. The first kappa shape index (κ1) is 11.5. The van der Waals surface area contributed by atoms with Crippen LogP contribution in [0.25, 0.3) is 0 Å². The Kier molecular flexibility index (Phi) is 3.90. The molecule has 0 spiro atoms. The van der Waals surface area contributed by atoms with E-state index in [9.17, 15) is 5.11 Å². The summed E-state index contributed by atoms with van der Waals surface area (Å²) >= 11 is 0. The lowest BCUT2D eigenvalue weighted by Gasteiger charge is -2.37. The maximum absolute atomic E-state index is 9.63. The Balaban J connectivity index is 2.02. The van der Waals surface area contributed by atoms with E-state index < -0.39 is 6.29 Å². The van der Waals surface area contributed by atoms with Crippen LogP contribution in [0.15, 0.2) is 30.3 Å². The maximum Gasteiger partial charge on any atom is 0.195 e. The minimum absolute atomic E-state index is 0.381. The minimum Gasteiger partial charge on any atom is -0.365 e. The highest BCUT2D eigenvalue weighted by Gasteiger charge is 2.30. The highest BCUT2D eigenvalue weighted by atomic mass is 16.6. The number of nitrogens with zero attached hydrogens (tertiary/aromatic N) is 1. The normalized spacial score (nSPS) is 26.9. The van der Waals surface area contributed by atoms with E-state index in [4.69, 9.17) is 9.47 Å². The molecule has 0 radical (unpaired) electrons. The number of benzene rings is 1. The van der Waals surface area contributed by atoms with Gasteiger partial charge in [0.1, 0.15) is 0 Å². The number of morpholine rings is 1. The quantitative estimate of drug-likeness (QED) is 0.823. The first-order valence-corrected chi connectivity index (χ1v) is 5.41. The molecule has 1 N–H and O–H groups in total. The van der Waals surface area contributed by atoms with Gasteiger partial charge in [-0.25, -0.2) is 0 Å². The van der Waals surface area contributed by atoms with E-state index in [1.165, 1.54) is 5.56 Å². The fourth-order valence-electron chi connectivity index (χ4n) is 1.93. The molecule has 4 heteroatoms. The van der Waals surface area contributed by atoms with E-state index >= 15 is 0 Å². The lowest BCUT2D eigenvalue weighted by atomic mass is 10.2. The average molecular weight is 223 g/mol. The molecule has 16 heavy (non-hydrogen) atoms. The van der Waals surface area contributed by atoms with E-state index in [-0.39, 0.29) is 6.23 Å². The Labute approximate surface area is 95.4 Å². The van der Waals surface area contributed by atoms with Crippen LogP contribution in [0.4, 0.5) is 0 Å². The average Bonchev–Trinajstić information content (AvgIpc) is 2.31. The van der Waals surface area contributed by atoms with Gasteiger partial charge in [-0.1, -0.05) is 30.3 Å². The molecule has 88 valence electrons. The highest BCUT2D eigenvalue weighted by molar-refractivity contribution is 5.14. The molecular formula is C12H17NO3. The molecule has 1 fully saturated rings. The second kappa shape index (κ2) is 5.41. The summed E-state index contributed by atoms with van der Waals surface area (Å²) in [5.74, 6) is 0. The fourth-order valence-corrected chi connectivity index (χ4v) is 1.93. The van der Waals surface area contributed by atoms with Crippen LogP contribution in [-0.2, 0) is 16.0 Å². The SMILES string of the molecule is COC1C(O)OCCN1Cc1ccccc1. The zero-order valence-corrected chi connectivity index (χ0v) is 9.37. The van der Waals surface area contributed by atoms with Gasteiger partial charge in [-0.05, 0) is 5.56 Å². The van der Waals surface area contributed by atoms with Gasteiger partial charge >= 0.3 is 0 Å². The Morgan fingerprint density at radius 3 is 2.88 bits per heavy atom. The highest BCUT2D eigenvalue weighted by Crippen LogP contribution is 2.16. The second-order valence-corrected chi connectivity index (χ2v) is 3.84. The summed E-state index contributed by atoms with van der Waals surface area (Å²) in [6.07, 6.45) is -1.24. The van der Waals surface area contributed by atoms with E-state index in [0.717, 1.165) is 13.1 Å². The number of hydrogen-bond acceptors (Lipinski definition) is 4. The van der Waals surface area contributed by atoms with Crippen LogP contribution >= 0.6 is 0 Å². The number of ether oxygens (including phenoxy) is 2. The topological polar surface area (TPSA) is 41.9 Å². The number of methoxy groups -OCH3 is 1.